The molecule has 1 aromatic rings. The van der Waals surface area contributed by atoms with Crippen LogP contribution in [0.4, 0.5) is 0 Å². The lowest BCUT2D eigenvalue weighted by atomic mass is 9.80. The average Bonchev–Trinajstić information content (AvgIpc) is 2.91. The topological polar surface area (TPSA) is 66.4 Å². The lowest BCUT2D eigenvalue weighted by Gasteiger charge is -2.33. The first-order valence-electron chi connectivity index (χ1n) is 7.56. The van der Waals surface area contributed by atoms with Crippen LogP contribution in [0, 0.1) is 11.8 Å². The molecule has 2 N–H and O–H groups in total. The second-order valence-corrected chi connectivity index (χ2v) is 9.49. The highest BCUT2D eigenvalue weighted by Gasteiger charge is 2.26. The monoisotopic (exact) mass is 331 g/mol. The minimum Gasteiger partial charge on any atom is -0.391 e. The van der Waals surface area contributed by atoms with Gasteiger partial charge in [0.2, 0.25) is 0 Å². The first-order chi connectivity index (χ1) is 9.88. The fraction of sp³-hybridized carbons (Fsp3) is 0.733. The van der Waals surface area contributed by atoms with Gasteiger partial charge in [0.25, 0.3) is 0 Å². The van der Waals surface area contributed by atoms with Crippen molar-refractivity contribution in [2.24, 2.45) is 11.8 Å². The maximum absolute atomic E-state index is 12.1. The molecule has 21 heavy (non-hydrogen) atoms. The fourth-order valence-electron chi connectivity index (χ4n) is 3.09. The zero-order chi connectivity index (χ0) is 15.5. The van der Waals surface area contributed by atoms with Gasteiger partial charge in [0.05, 0.1) is 11.9 Å². The fourth-order valence-corrected chi connectivity index (χ4v) is 5.57. The van der Waals surface area contributed by atoms with Crippen LogP contribution in [-0.4, -0.2) is 38.0 Å². The predicted molar refractivity (Wildman–Crippen MR) is 86.3 cm³/mol. The van der Waals surface area contributed by atoms with E-state index in [2.05, 4.69) is 19.2 Å². The van der Waals surface area contributed by atoms with E-state index in [1.54, 1.807) is 17.5 Å². The Bertz CT molecular complexity index is 527. The Morgan fingerprint density at radius 1 is 1.43 bits per heavy atom. The van der Waals surface area contributed by atoms with Crippen molar-refractivity contribution >= 4 is 21.2 Å². The smallest absolute Gasteiger partial charge is 0.190 e. The van der Waals surface area contributed by atoms with E-state index < -0.39 is 15.9 Å². The number of rotatable bonds is 6. The molecular weight excluding hydrogens is 306 g/mol. The van der Waals surface area contributed by atoms with Gasteiger partial charge in [-0.05, 0) is 42.5 Å². The molecule has 0 saturated heterocycles. The van der Waals surface area contributed by atoms with Crippen LogP contribution in [0.1, 0.15) is 33.1 Å². The molecule has 0 bridgehead atoms. The summed E-state index contributed by atoms with van der Waals surface area (Å²) in [5, 5.41) is 15.1. The largest absolute Gasteiger partial charge is 0.391 e. The molecule has 0 spiro atoms. The summed E-state index contributed by atoms with van der Waals surface area (Å²) in [6.45, 7) is 4.84. The SMILES string of the molecule is CC1CCC(NCC(O)CS(=O)(=O)c2cccs2)C(C)C1. The van der Waals surface area contributed by atoms with Gasteiger partial charge < -0.3 is 10.4 Å². The Hall–Kier alpha value is -0.430. The highest BCUT2D eigenvalue weighted by molar-refractivity contribution is 7.93. The minimum absolute atomic E-state index is 0.210. The molecule has 120 valence electrons. The van der Waals surface area contributed by atoms with Crippen molar-refractivity contribution < 1.29 is 13.5 Å². The Labute approximate surface area is 131 Å². The quantitative estimate of drug-likeness (QED) is 0.839. The Morgan fingerprint density at radius 2 is 2.19 bits per heavy atom. The molecule has 6 heteroatoms. The van der Waals surface area contributed by atoms with E-state index in [0.29, 0.717) is 22.7 Å². The standard InChI is InChI=1S/C15H25NO3S2/c1-11-5-6-14(12(2)8-11)16-9-13(17)10-21(18,19)15-4-3-7-20-15/h3-4,7,11-14,16-17H,5-6,8-10H2,1-2H3. The number of thiophene rings is 1. The van der Waals surface area contributed by atoms with Crippen molar-refractivity contribution in [2.75, 3.05) is 12.3 Å². The van der Waals surface area contributed by atoms with E-state index in [9.17, 15) is 13.5 Å². The summed E-state index contributed by atoms with van der Waals surface area (Å²) in [6, 6.07) is 3.69. The van der Waals surface area contributed by atoms with Crippen LogP contribution in [0.5, 0.6) is 0 Å². The van der Waals surface area contributed by atoms with Crippen LogP contribution in [0.15, 0.2) is 21.7 Å². The lowest BCUT2D eigenvalue weighted by Crippen LogP contribution is -2.43. The molecule has 4 atom stereocenters. The molecule has 1 aliphatic carbocycles. The molecule has 1 aromatic heterocycles. The van der Waals surface area contributed by atoms with Crippen LogP contribution in [0.25, 0.3) is 0 Å². The first-order valence-corrected chi connectivity index (χ1v) is 10.1. The minimum atomic E-state index is -3.36. The van der Waals surface area contributed by atoms with Gasteiger partial charge >= 0.3 is 0 Å². The number of aliphatic hydroxyl groups excluding tert-OH is 1. The molecule has 1 heterocycles. The average molecular weight is 332 g/mol. The zero-order valence-corrected chi connectivity index (χ0v) is 14.3. The van der Waals surface area contributed by atoms with Gasteiger partial charge in [-0.15, -0.1) is 11.3 Å². The van der Waals surface area contributed by atoms with Crippen LogP contribution < -0.4 is 5.32 Å². The first kappa shape index (κ1) is 16.9. The van der Waals surface area contributed by atoms with Crippen LogP contribution >= 0.6 is 11.3 Å². The van der Waals surface area contributed by atoms with E-state index in [1.165, 1.54) is 24.2 Å². The Morgan fingerprint density at radius 3 is 2.81 bits per heavy atom. The summed E-state index contributed by atoms with van der Waals surface area (Å²) in [5.74, 6) is 1.13. The normalized spacial score (nSPS) is 28.4. The lowest BCUT2D eigenvalue weighted by molar-refractivity contribution is 0.165. The van der Waals surface area contributed by atoms with Gasteiger partial charge in [-0.2, -0.15) is 0 Å². The van der Waals surface area contributed by atoms with Crippen molar-refractivity contribution in [2.45, 2.75) is 49.5 Å². The van der Waals surface area contributed by atoms with E-state index in [1.807, 2.05) is 0 Å². The maximum Gasteiger partial charge on any atom is 0.190 e. The van der Waals surface area contributed by atoms with Gasteiger partial charge in [-0.25, -0.2) is 8.42 Å². The van der Waals surface area contributed by atoms with Crippen molar-refractivity contribution in [3.05, 3.63) is 17.5 Å². The van der Waals surface area contributed by atoms with E-state index in [-0.39, 0.29) is 5.75 Å². The molecule has 1 fully saturated rings. The number of hydrogen-bond donors (Lipinski definition) is 2. The second kappa shape index (κ2) is 7.22. The van der Waals surface area contributed by atoms with Crippen molar-refractivity contribution in [1.82, 2.24) is 5.32 Å². The van der Waals surface area contributed by atoms with Crippen LogP contribution in [0.3, 0.4) is 0 Å². The zero-order valence-electron chi connectivity index (χ0n) is 12.7. The summed E-state index contributed by atoms with van der Waals surface area (Å²) in [6.07, 6.45) is 2.64. The summed E-state index contributed by atoms with van der Waals surface area (Å²) < 4.78 is 24.5. The third-order valence-corrected chi connectivity index (χ3v) is 7.55. The van der Waals surface area contributed by atoms with Crippen LogP contribution in [-0.2, 0) is 9.84 Å². The number of aliphatic hydroxyl groups is 1. The van der Waals surface area contributed by atoms with Gasteiger partial charge in [-0.1, -0.05) is 19.9 Å². The molecule has 0 aliphatic heterocycles. The molecule has 1 saturated carbocycles. The molecule has 2 rings (SSSR count). The van der Waals surface area contributed by atoms with Crippen molar-refractivity contribution in [3.63, 3.8) is 0 Å². The van der Waals surface area contributed by atoms with E-state index >= 15 is 0 Å². The third kappa shape index (κ3) is 4.77. The second-order valence-electron chi connectivity index (χ2n) is 6.28. The summed E-state index contributed by atoms with van der Waals surface area (Å²) in [4.78, 5) is 0. The molecule has 0 amide bonds. The summed E-state index contributed by atoms with van der Waals surface area (Å²) in [7, 11) is -3.36. The maximum atomic E-state index is 12.1. The number of nitrogens with one attached hydrogen (secondary N) is 1. The van der Waals surface area contributed by atoms with Crippen molar-refractivity contribution in [3.8, 4) is 0 Å². The molecule has 0 aromatic carbocycles. The molecule has 0 radical (unpaired) electrons. The summed E-state index contributed by atoms with van der Waals surface area (Å²) >= 11 is 1.20. The predicted octanol–water partition coefficient (Wildman–Crippen LogP) is 2.30. The third-order valence-electron chi connectivity index (χ3n) is 4.26. The van der Waals surface area contributed by atoms with Crippen molar-refractivity contribution in [1.29, 1.82) is 0 Å². The molecule has 1 aliphatic rings. The van der Waals surface area contributed by atoms with E-state index in [4.69, 9.17) is 0 Å². The number of hydrogen-bond acceptors (Lipinski definition) is 5. The van der Waals surface area contributed by atoms with Gasteiger partial charge in [-0.3, -0.25) is 0 Å². The van der Waals surface area contributed by atoms with Gasteiger partial charge in [0, 0.05) is 12.6 Å². The van der Waals surface area contributed by atoms with Crippen LogP contribution in [0.2, 0.25) is 0 Å². The highest BCUT2D eigenvalue weighted by atomic mass is 32.2. The summed E-state index contributed by atoms with van der Waals surface area (Å²) in [5.41, 5.74) is 0. The molecular formula is C15H25NO3S2. The van der Waals surface area contributed by atoms with E-state index in [0.717, 1.165) is 12.3 Å². The van der Waals surface area contributed by atoms with Gasteiger partial charge in [0.15, 0.2) is 9.84 Å². The van der Waals surface area contributed by atoms with Gasteiger partial charge in [0.1, 0.15) is 4.21 Å². The highest BCUT2D eigenvalue weighted by Crippen LogP contribution is 2.28. The Kier molecular flexibility index (Phi) is 5.82. The number of sulfone groups is 1. The molecule has 4 unspecified atom stereocenters. The Balaban J connectivity index is 1.81. The molecule has 4 nitrogen and oxygen atoms in total.